The summed E-state index contributed by atoms with van der Waals surface area (Å²) in [5, 5.41) is 0. The maximum absolute atomic E-state index is 10.8. The lowest BCUT2D eigenvalue weighted by Crippen LogP contribution is -2.12. The molecule has 0 aromatic rings. The molecule has 2 heteroatoms. The summed E-state index contributed by atoms with van der Waals surface area (Å²) < 4.78 is 0. The van der Waals surface area contributed by atoms with Crippen molar-refractivity contribution in [2.24, 2.45) is 5.73 Å². The first-order chi connectivity index (χ1) is 6.74. The van der Waals surface area contributed by atoms with Gasteiger partial charge < -0.3 is 5.73 Å². The topological polar surface area (TPSA) is 43.1 Å². The molecule has 1 aliphatic rings. The molecule has 0 unspecified atom stereocenters. The van der Waals surface area contributed by atoms with E-state index in [1.807, 2.05) is 26.0 Å². The number of rotatable bonds is 2. The minimum Gasteiger partial charge on any atom is -0.366 e. The summed E-state index contributed by atoms with van der Waals surface area (Å²) >= 11 is 0. The van der Waals surface area contributed by atoms with Crippen LogP contribution >= 0.6 is 0 Å². The van der Waals surface area contributed by atoms with E-state index >= 15 is 0 Å². The van der Waals surface area contributed by atoms with E-state index in [-0.39, 0.29) is 5.91 Å². The molecular weight excluding hydrogens is 174 g/mol. The van der Waals surface area contributed by atoms with E-state index in [1.165, 1.54) is 5.57 Å². The van der Waals surface area contributed by atoms with E-state index in [2.05, 4.69) is 13.0 Å². The van der Waals surface area contributed by atoms with Crippen molar-refractivity contribution in [2.45, 2.75) is 33.6 Å². The van der Waals surface area contributed by atoms with Gasteiger partial charge in [0, 0.05) is 5.57 Å². The zero-order valence-corrected chi connectivity index (χ0v) is 9.21. The van der Waals surface area contributed by atoms with E-state index < -0.39 is 0 Å². The summed E-state index contributed by atoms with van der Waals surface area (Å²) in [4.78, 5) is 10.8. The molecular formula is C12H19NO. The molecule has 2 nitrogen and oxygen atoms in total. The molecule has 78 valence electrons. The highest BCUT2D eigenvalue weighted by molar-refractivity contribution is 5.95. The number of carbonyl (C=O) groups is 1. The van der Waals surface area contributed by atoms with Crippen LogP contribution in [0.3, 0.4) is 0 Å². The molecule has 0 spiro atoms. The molecule has 0 aliphatic heterocycles. The number of carbonyl (C=O) groups excluding carboxylic acids is 1. The highest BCUT2D eigenvalue weighted by atomic mass is 16.1. The van der Waals surface area contributed by atoms with E-state index in [9.17, 15) is 4.79 Å². The monoisotopic (exact) mass is 193 g/mol. The van der Waals surface area contributed by atoms with Gasteiger partial charge in [-0.3, -0.25) is 4.79 Å². The fourth-order valence-corrected chi connectivity index (χ4v) is 1.12. The van der Waals surface area contributed by atoms with Gasteiger partial charge in [0.1, 0.15) is 0 Å². The zero-order chi connectivity index (χ0) is 11.0. The van der Waals surface area contributed by atoms with Crippen molar-refractivity contribution in [1.29, 1.82) is 0 Å². The molecule has 1 amide bonds. The smallest absolute Gasteiger partial charge is 0.248 e. The van der Waals surface area contributed by atoms with Crippen LogP contribution in [0.2, 0.25) is 0 Å². The van der Waals surface area contributed by atoms with Gasteiger partial charge in [0.25, 0.3) is 0 Å². The Labute approximate surface area is 86.2 Å². The first-order valence-corrected chi connectivity index (χ1v) is 5.11. The molecule has 0 bridgehead atoms. The summed E-state index contributed by atoms with van der Waals surface area (Å²) in [6, 6.07) is 0. The van der Waals surface area contributed by atoms with Gasteiger partial charge in [0.15, 0.2) is 0 Å². The normalized spacial score (nSPS) is 14.5. The maximum Gasteiger partial charge on any atom is 0.248 e. The lowest BCUT2D eigenvalue weighted by Gasteiger charge is -1.92. The van der Waals surface area contributed by atoms with Crippen LogP contribution in [0.5, 0.6) is 0 Å². The van der Waals surface area contributed by atoms with Crippen molar-refractivity contribution < 1.29 is 4.79 Å². The highest BCUT2D eigenvalue weighted by Gasteiger charge is 2.01. The van der Waals surface area contributed by atoms with Gasteiger partial charge in [-0.05, 0) is 18.9 Å². The molecule has 0 atom stereocenters. The van der Waals surface area contributed by atoms with Crippen molar-refractivity contribution in [3.63, 3.8) is 0 Å². The van der Waals surface area contributed by atoms with Gasteiger partial charge >= 0.3 is 0 Å². The number of hydrogen-bond acceptors (Lipinski definition) is 1. The lowest BCUT2D eigenvalue weighted by atomic mass is 10.2. The Bertz CT molecular complexity index is 272. The van der Waals surface area contributed by atoms with Crippen LogP contribution in [0.1, 0.15) is 33.6 Å². The van der Waals surface area contributed by atoms with Crippen LogP contribution in [0, 0.1) is 0 Å². The minimum absolute atomic E-state index is 0.350. The predicted molar refractivity (Wildman–Crippen MR) is 60.8 cm³/mol. The van der Waals surface area contributed by atoms with Gasteiger partial charge in [0.2, 0.25) is 5.91 Å². The van der Waals surface area contributed by atoms with Crippen LogP contribution in [0.4, 0.5) is 0 Å². The average molecular weight is 193 g/mol. The third-order valence-electron chi connectivity index (χ3n) is 1.89. The molecule has 0 saturated carbocycles. The average Bonchev–Trinajstić information content (AvgIpc) is 2.45. The maximum atomic E-state index is 10.8. The van der Waals surface area contributed by atoms with Gasteiger partial charge in [0.05, 0.1) is 0 Å². The van der Waals surface area contributed by atoms with Crippen LogP contribution in [-0.2, 0) is 4.79 Å². The zero-order valence-electron chi connectivity index (χ0n) is 9.21. The first kappa shape index (κ1) is 12.7. The van der Waals surface area contributed by atoms with E-state index in [1.54, 1.807) is 6.08 Å². The van der Waals surface area contributed by atoms with E-state index in [0.717, 1.165) is 12.8 Å². The Morgan fingerprint density at radius 2 is 2.00 bits per heavy atom. The van der Waals surface area contributed by atoms with Crippen molar-refractivity contribution in [2.75, 3.05) is 0 Å². The van der Waals surface area contributed by atoms with E-state index in [0.29, 0.717) is 5.57 Å². The second kappa shape index (κ2) is 7.13. The standard InChI is InChI=1S/C10H13NO.C2H6/c1-2-8-4-3-5-9(7-6-8)10(11)12;1-2/h4-7H,2-3H2,1H3,(H2,11,12);1-2H3. The van der Waals surface area contributed by atoms with Gasteiger partial charge in [-0.1, -0.05) is 44.6 Å². The SMILES string of the molecule is CC.CCC1=CCC=C(C(N)=O)C=C1. The Balaban J connectivity index is 0.000000791. The summed E-state index contributed by atoms with van der Waals surface area (Å²) in [5.41, 5.74) is 7.00. The van der Waals surface area contributed by atoms with Gasteiger partial charge in [-0.15, -0.1) is 0 Å². The number of allylic oxidation sites excluding steroid dienone is 4. The summed E-state index contributed by atoms with van der Waals surface area (Å²) in [6.45, 7) is 6.09. The van der Waals surface area contributed by atoms with Gasteiger partial charge in [-0.2, -0.15) is 0 Å². The quantitative estimate of drug-likeness (QED) is 0.720. The number of nitrogens with two attached hydrogens (primary N) is 1. The molecule has 0 saturated heterocycles. The van der Waals surface area contributed by atoms with Crippen LogP contribution in [-0.4, -0.2) is 5.91 Å². The molecule has 2 N–H and O–H groups in total. The largest absolute Gasteiger partial charge is 0.366 e. The molecule has 14 heavy (non-hydrogen) atoms. The second-order valence-corrected chi connectivity index (χ2v) is 2.73. The first-order valence-electron chi connectivity index (χ1n) is 5.11. The third kappa shape index (κ3) is 4.08. The number of amides is 1. The van der Waals surface area contributed by atoms with Gasteiger partial charge in [-0.25, -0.2) is 0 Å². The Kier molecular flexibility index (Phi) is 6.46. The molecule has 0 aromatic heterocycles. The third-order valence-corrected chi connectivity index (χ3v) is 1.89. The van der Waals surface area contributed by atoms with Crippen LogP contribution < -0.4 is 5.73 Å². The Morgan fingerprint density at radius 3 is 2.50 bits per heavy atom. The molecule has 0 aromatic carbocycles. The lowest BCUT2D eigenvalue weighted by molar-refractivity contribution is -0.114. The fourth-order valence-electron chi connectivity index (χ4n) is 1.12. The highest BCUT2D eigenvalue weighted by Crippen LogP contribution is 2.12. The summed E-state index contributed by atoms with van der Waals surface area (Å²) in [6.07, 6.45) is 9.48. The minimum atomic E-state index is -0.350. The fraction of sp³-hybridized carbons (Fsp3) is 0.417. The molecule has 0 heterocycles. The van der Waals surface area contributed by atoms with Crippen LogP contribution in [0.25, 0.3) is 0 Å². The predicted octanol–water partition coefficient (Wildman–Crippen LogP) is 2.72. The molecule has 0 fully saturated rings. The van der Waals surface area contributed by atoms with Crippen molar-refractivity contribution >= 4 is 5.91 Å². The van der Waals surface area contributed by atoms with Crippen molar-refractivity contribution in [3.8, 4) is 0 Å². The number of primary amides is 1. The van der Waals surface area contributed by atoms with Crippen LogP contribution in [0.15, 0.2) is 35.5 Å². The molecule has 0 radical (unpaired) electrons. The van der Waals surface area contributed by atoms with Crippen molar-refractivity contribution in [1.82, 2.24) is 0 Å². The Hall–Kier alpha value is -1.31. The number of hydrogen-bond donors (Lipinski definition) is 1. The van der Waals surface area contributed by atoms with E-state index in [4.69, 9.17) is 5.73 Å². The second-order valence-electron chi connectivity index (χ2n) is 2.73. The summed E-state index contributed by atoms with van der Waals surface area (Å²) in [5.74, 6) is -0.350. The molecule has 1 aliphatic carbocycles. The summed E-state index contributed by atoms with van der Waals surface area (Å²) in [7, 11) is 0. The van der Waals surface area contributed by atoms with Crippen molar-refractivity contribution in [3.05, 3.63) is 35.5 Å². The molecule has 1 rings (SSSR count). The Morgan fingerprint density at radius 1 is 1.36 bits per heavy atom.